The largest absolute Gasteiger partial charge is 0.444 e. The molecule has 1 aliphatic heterocycles. The standard InChI is InChI=1S/C25H32N2O4/c1-19-11-10-16-23(31-19)27(25(29)30-18-21-14-8-5-9-15-21)22(24(28)26(2)3)17-20-12-6-4-7-13-20/h4-9,12-15,19,22-23H,10-11,16-18H2,1-3H3/t19-,22+,23-/m1/s1. The van der Waals surface area contributed by atoms with Crippen molar-refractivity contribution in [1.29, 1.82) is 0 Å². The Bertz CT molecular complexity index is 841. The normalized spacial score (nSPS) is 19.3. The summed E-state index contributed by atoms with van der Waals surface area (Å²) in [6.45, 7) is 2.15. The van der Waals surface area contributed by atoms with Crippen LogP contribution >= 0.6 is 0 Å². The molecular weight excluding hydrogens is 392 g/mol. The second kappa shape index (κ2) is 11.0. The fourth-order valence-electron chi connectivity index (χ4n) is 3.87. The molecule has 0 unspecified atom stereocenters. The Labute approximate surface area is 184 Å². The van der Waals surface area contributed by atoms with Gasteiger partial charge >= 0.3 is 6.09 Å². The molecule has 1 saturated heterocycles. The minimum Gasteiger partial charge on any atom is -0.444 e. The second-order valence-electron chi connectivity index (χ2n) is 8.22. The van der Waals surface area contributed by atoms with Gasteiger partial charge in [0.1, 0.15) is 18.9 Å². The molecule has 2 aromatic carbocycles. The summed E-state index contributed by atoms with van der Waals surface area (Å²) >= 11 is 0. The Kier molecular flexibility index (Phi) is 8.06. The molecule has 3 atom stereocenters. The van der Waals surface area contributed by atoms with Crippen molar-refractivity contribution in [3.8, 4) is 0 Å². The highest BCUT2D eigenvalue weighted by Crippen LogP contribution is 2.26. The van der Waals surface area contributed by atoms with E-state index in [0.29, 0.717) is 12.8 Å². The van der Waals surface area contributed by atoms with Gasteiger partial charge in [-0.05, 0) is 37.3 Å². The van der Waals surface area contributed by atoms with Gasteiger partial charge in [0.25, 0.3) is 0 Å². The van der Waals surface area contributed by atoms with E-state index in [1.807, 2.05) is 67.6 Å². The summed E-state index contributed by atoms with van der Waals surface area (Å²) in [4.78, 5) is 29.6. The molecule has 2 aromatic rings. The number of hydrogen-bond acceptors (Lipinski definition) is 4. The average Bonchev–Trinajstić information content (AvgIpc) is 2.78. The van der Waals surface area contributed by atoms with Gasteiger partial charge in [-0.3, -0.25) is 9.69 Å². The molecule has 0 spiro atoms. The van der Waals surface area contributed by atoms with Crippen LogP contribution in [-0.4, -0.2) is 54.3 Å². The first-order chi connectivity index (χ1) is 15.0. The Morgan fingerprint density at radius 3 is 2.19 bits per heavy atom. The van der Waals surface area contributed by atoms with E-state index in [9.17, 15) is 9.59 Å². The Morgan fingerprint density at radius 2 is 1.61 bits per heavy atom. The molecule has 2 amide bonds. The van der Waals surface area contributed by atoms with Crippen LogP contribution in [0.4, 0.5) is 4.79 Å². The lowest BCUT2D eigenvalue weighted by Crippen LogP contribution is -2.56. The summed E-state index contributed by atoms with van der Waals surface area (Å²) in [6, 6.07) is 18.6. The van der Waals surface area contributed by atoms with Crippen LogP contribution in [0.2, 0.25) is 0 Å². The van der Waals surface area contributed by atoms with Crippen molar-refractivity contribution >= 4 is 12.0 Å². The predicted molar refractivity (Wildman–Crippen MR) is 119 cm³/mol. The minimum atomic E-state index is -0.712. The zero-order chi connectivity index (χ0) is 22.2. The average molecular weight is 425 g/mol. The summed E-state index contributed by atoms with van der Waals surface area (Å²) in [5.41, 5.74) is 1.87. The summed E-state index contributed by atoms with van der Waals surface area (Å²) in [5.74, 6) is -0.151. The number of benzene rings is 2. The lowest BCUT2D eigenvalue weighted by atomic mass is 10.0. The van der Waals surface area contributed by atoms with E-state index in [1.54, 1.807) is 14.1 Å². The molecule has 3 rings (SSSR count). The van der Waals surface area contributed by atoms with Gasteiger partial charge < -0.3 is 14.4 Å². The van der Waals surface area contributed by atoms with Gasteiger partial charge in [0, 0.05) is 20.5 Å². The molecule has 1 fully saturated rings. The molecular formula is C25H32N2O4. The van der Waals surface area contributed by atoms with Crippen LogP contribution < -0.4 is 0 Å². The van der Waals surface area contributed by atoms with Crippen LogP contribution in [0.15, 0.2) is 60.7 Å². The van der Waals surface area contributed by atoms with Crippen LogP contribution in [0.1, 0.15) is 37.3 Å². The number of hydrogen-bond donors (Lipinski definition) is 0. The highest BCUT2D eigenvalue weighted by atomic mass is 16.6. The highest BCUT2D eigenvalue weighted by molar-refractivity contribution is 5.86. The van der Waals surface area contributed by atoms with Gasteiger partial charge in [-0.2, -0.15) is 0 Å². The molecule has 6 heteroatoms. The second-order valence-corrected chi connectivity index (χ2v) is 8.22. The monoisotopic (exact) mass is 424 g/mol. The van der Waals surface area contributed by atoms with Gasteiger partial charge in [0.15, 0.2) is 0 Å². The maximum absolute atomic E-state index is 13.3. The van der Waals surface area contributed by atoms with Gasteiger partial charge in [0.05, 0.1) is 6.10 Å². The fraction of sp³-hybridized carbons (Fsp3) is 0.440. The van der Waals surface area contributed by atoms with Crippen LogP contribution in [-0.2, 0) is 27.3 Å². The molecule has 0 aromatic heterocycles. The van der Waals surface area contributed by atoms with Gasteiger partial charge in [0.2, 0.25) is 5.91 Å². The molecule has 0 radical (unpaired) electrons. The molecule has 1 heterocycles. The van der Waals surface area contributed by atoms with Crippen molar-refractivity contribution in [2.24, 2.45) is 0 Å². The smallest absolute Gasteiger partial charge is 0.412 e. The van der Waals surface area contributed by atoms with E-state index in [4.69, 9.17) is 9.47 Å². The Morgan fingerprint density at radius 1 is 1.00 bits per heavy atom. The summed E-state index contributed by atoms with van der Waals surface area (Å²) in [6.07, 6.45) is 1.94. The number of likely N-dealkylation sites (N-methyl/N-ethyl adjacent to an activating group) is 1. The highest BCUT2D eigenvalue weighted by Gasteiger charge is 2.39. The van der Waals surface area contributed by atoms with Crippen molar-refractivity contribution in [2.45, 2.75) is 57.6 Å². The first kappa shape index (κ1) is 22.8. The molecule has 31 heavy (non-hydrogen) atoms. The predicted octanol–water partition coefficient (Wildman–Crippen LogP) is 4.24. The number of rotatable bonds is 7. The Balaban J connectivity index is 1.88. The molecule has 0 saturated carbocycles. The maximum Gasteiger partial charge on any atom is 0.412 e. The van der Waals surface area contributed by atoms with E-state index in [0.717, 1.165) is 24.0 Å². The van der Waals surface area contributed by atoms with E-state index >= 15 is 0 Å². The lowest BCUT2D eigenvalue weighted by molar-refractivity contribution is -0.151. The quantitative estimate of drug-likeness (QED) is 0.667. The molecule has 6 nitrogen and oxygen atoms in total. The Hall–Kier alpha value is -2.86. The van der Waals surface area contributed by atoms with Gasteiger partial charge in [-0.1, -0.05) is 60.7 Å². The number of nitrogens with zero attached hydrogens (tertiary/aromatic N) is 2. The van der Waals surface area contributed by atoms with Crippen molar-refractivity contribution in [3.63, 3.8) is 0 Å². The molecule has 1 aliphatic rings. The number of amides is 2. The van der Waals surface area contributed by atoms with E-state index < -0.39 is 18.4 Å². The van der Waals surface area contributed by atoms with Crippen LogP contribution in [0, 0.1) is 0 Å². The third-order valence-corrected chi connectivity index (χ3v) is 5.51. The fourth-order valence-corrected chi connectivity index (χ4v) is 3.87. The van der Waals surface area contributed by atoms with E-state index in [1.165, 1.54) is 9.80 Å². The molecule has 0 aliphatic carbocycles. The summed E-state index contributed by atoms with van der Waals surface area (Å²) in [7, 11) is 3.41. The summed E-state index contributed by atoms with van der Waals surface area (Å²) < 4.78 is 11.8. The minimum absolute atomic E-state index is 0.0232. The molecule has 0 bridgehead atoms. The van der Waals surface area contributed by atoms with Crippen molar-refractivity contribution in [3.05, 3.63) is 71.8 Å². The number of ether oxygens (including phenoxy) is 2. The molecule has 0 N–H and O–H groups in total. The first-order valence-electron chi connectivity index (χ1n) is 10.8. The van der Waals surface area contributed by atoms with Gasteiger partial charge in [-0.25, -0.2) is 4.79 Å². The van der Waals surface area contributed by atoms with Crippen molar-refractivity contribution < 1.29 is 19.1 Å². The van der Waals surface area contributed by atoms with Crippen LogP contribution in [0.5, 0.6) is 0 Å². The topological polar surface area (TPSA) is 59.1 Å². The maximum atomic E-state index is 13.3. The zero-order valence-electron chi connectivity index (χ0n) is 18.6. The first-order valence-corrected chi connectivity index (χ1v) is 10.8. The number of carbonyl (C=O) groups is 2. The van der Waals surface area contributed by atoms with Crippen LogP contribution in [0.25, 0.3) is 0 Å². The zero-order valence-corrected chi connectivity index (χ0v) is 18.6. The van der Waals surface area contributed by atoms with Gasteiger partial charge in [-0.15, -0.1) is 0 Å². The SMILES string of the molecule is C[C@@H]1CCC[C@H](N(C(=O)OCc2ccccc2)[C@@H](Cc2ccccc2)C(=O)N(C)C)O1. The van der Waals surface area contributed by atoms with E-state index in [-0.39, 0.29) is 18.6 Å². The third-order valence-electron chi connectivity index (χ3n) is 5.51. The van der Waals surface area contributed by atoms with E-state index in [2.05, 4.69) is 0 Å². The summed E-state index contributed by atoms with van der Waals surface area (Å²) in [5, 5.41) is 0. The lowest BCUT2D eigenvalue weighted by Gasteiger charge is -2.40. The van der Waals surface area contributed by atoms with Crippen molar-refractivity contribution in [1.82, 2.24) is 9.80 Å². The van der Waals surface area contributed by atoms with Crippen LogP contribution in [0.3, 0.4) is 0 Å². The molecule has 166 valence electrons. The van der Waals surface area contributed by atoms with Crippen molar-refractivity contribution in [2.75, 3.05) is 14.1 Å². The third kappa shape index (κ3) is 6.31. The number of carbonyl (C=O) groups excluding carboxylic acids is 2.